The molecule has 24 heavy (non-hydrogen) atoms. The van der Waals surface area contributed by atoms with E-state index < -0.39 is 0 Å². The molecule has 0 atom stereocenters. The van der Waals surface area contributed by atoms with E-state index in [0.29, 0.717) is 18.4 Å². The molecule has 0 fully saturated rings. The van der Waals surface area contributed by atoms with Crippen LogP contribution in [0.4, 0.5) is 11.1 Å². The third-order valence-electron chi connectivity index (χ3n) is 3.25. The molecule has 0 amide bonds. The lowest BCUT2D eigenvalue weighted by Crippen LogP contribution is -2.10. The molecular weight excluding hydrogens is 328 g/mol. The minimum absolute atomic E-state index is 0.410. The average Bonchev–Trinajstić information content (AvgIpc) is 3.28. The first-order chi connectivity index (χ1) is 11.7. The summed E-state index contributed by atoms with van der Waals surface area (Å²) in [7, 11) is 3.72. The Morgan fingerprint density at radius 1 is 1.33 bits per heavy atom. The molecule has 0 saturated heterocycles. The fraction of sp³-hybridized carbons (Fsp3) is 0.214. The first-order valence-electron chi connectivity index (χ1n) is 7.19. The van der Waals surface area contributed by atoms with Crippen molar-refractivity contribution >= 4 is 27.4 Å². The summed E-state index contributed by atoms with van der Waals surface area (Å²) in [5.41, 5.74) is 1.81. The predicted molar refractivity (Wildman–Crippen MR) is 90.0 cm³/mol. The third-order valence-corrected chi connectivity index (χ3v) is 4.13. The highest BCUT2D eigenvalue weighted by molar-refractivity contribution is 7.20. The number of fused-ring (bicyclic) bond motifs is 1. The topological polar surface area (TPSA) is 97.3 Å². The van der Waals surface area contributed by atoms with Crippen molar-refractivity contribution in [3.63, 3.8) is 0 Å². The molecule has 0 aliphatic carbocycles. The number of hydrogen-bond donors (Lipinski definition) is 1. The molecule has 10 heteroatoms. The Morgan fingerprint density at radius 3 is 2.96 bits per heavy atom. The van der Waals surface area contributed by atoms with E-state index in [-0.39, 0.29) is 0 Å². The van der Waals surface area contributed by atoms with Crippen LogP contribution < -0.4 is 10.2 Å². The summed E-state index contributed by atoms with van der Waals surface area (Å²) in [5.74, 6) is 1.05. The number of hydrogen-bond acceptors (Lipinski definition) is 9. The molecule has 0 bridgehead atoms. The van der Waals surface area contributed by atoms with Gasteiger partial charge in [-0.1, -0.05) is 11.3 Å². The zero-order valence-electron chi connectivity index (χ0n) is 13.0. The van der Waals surface area contributed by atoms with Gasteiger partial charge >= 0.3 is 0 Å². The molecular formula is C14H14N8OS. The highest BCUT2D eigenvalue weighted by Gasteiger charge is 2.11. The van der Waals surface area contributed by atoms with Gasteiger partial charge in [0.15, 0.2) is 0 Å². The van der Waals surface area contributed by atoms with E-state index in [2.05, 4.69) is 30.5 Å². The summed E-state index contributed by atoms with van der Waals surface area (Å²) in [6.07, 6.45) is 5.40. The monoisotopic (exact) mass is 342 g/mol. The molecule has 4 heterocycles. The Bertz CT molecular complexity index is 926. The van der Waals surface area contributed by atoms with Crippen LogP contribution in [0.3, 0.4) is 0 Å². The van der Waals surface area contributed by atoms with Gasteiger partial charge in [0.05, 0.1) is 18.4 Å². The number of pyridine rings is 1. The number of nitrogens with one attached hydrogen (secondary N) is 1. The highest BCUT2D eigenvalue weighted by Crippen LogP contribution is 2.24. The zero-order chi connectivity index (χ0) is 16.5. The molecule has 1 N–H and O–H groups in total. The normalized spacial score (nSPS) is 11.1. The van der Waals surface area contributed by atoms with Gasteiger partial charge in [-0.2, -0.15) is 4.98 Å². The smallest absolute Gasteiger partial charge is 0.265 e. The Balaban J connectivity index is 1.48. The van der Waals surface area contributed by atoms with Gasteiger partial charge in [0.1, 0.15) is 0 Å². The Labute approximate surface area is 141 Å². The fourth-order valence-corrected chi connectivity index (χ4v) is 2.85. The van der Waals surface area contributed by atoms with Crippen LogP contribution in [0.15, 0.2) is 35.2 Å². The third kappa shape index (κ3) is 2.78. The highest BCUT2D eigenvalue weighted by atomic mass is 32.1. The van der Waals surface area contributed by atoms with Crippen molar-refractivity contribution < 1.29 is 4.52 Å². The fourth-order valence-electron chi connectivity index (χ4n) is 2.08. The number of imidazole rings is 1. The van der Waals surface area contributed by atoms with Crippen molar-refractivity contribution in [2.24, 2.45) is 0 Å². The number of nitrogens with zero attached hydrogens (tertiary/aromatic N) is 7. The van der Waals surface area contributed by atoms with Crippen LogP contribution >= 0.6 is 11.3 Å². The lowest BCUT2D eigenvalue weighted by molar-refractivity contribution is 0.383. The predicted octanol–water partition coefficient (Wildman–Crippen LogP) is 1.91. The Hall–Kier alpha value is -3.01. The summed E-state index contributed by atoms with van der Waals surface area (Å²) in [6, 6.07) is 3.85. The molecule has 0 unspecified atom stereocenters. The van der Waals surface area contributed by atoms with Gasteiger partial charge in [-0.15, -0.1) is 5.10 Å². The van der Waals surface area contributed by atoms with E-state index in [1.165, 1.54) is 11.3 Å². The van der Waals surface area contributed by atoms with Crippen LogP contribution in [-0.2, 0) is 6.54 Å². The van der Waals surface area contributed by atoms with Gasteiger partial charge in [-0.25, -0.2) is 9.50 Å². The minimum Gasteiger partial charge on any atom is -0.351 e. The molecule has 122 valence electrons. The van der Waals surface area contributed by atoms with Gasteiger partial charge in [-0.05, 0) is 17.3 Å². The van der Waals surface area contributed by atoms with Crippen LogP contribution in [0.25, 0.3) is 16.2 Å². The first kappa shape index (κ1) is 14.6. The molecule has 0 radical (unpaired) electrons. The molecule has 9 nitrogen and oxygen atoms in total. The zero-order valence-corrected chi connectivity index (χ0v) is 13.9. The number of aromatic nitrogens is 6. The molecule has 0 saturated carbocycles. The molecule has 4 aromatic heterocycles. The van der Waals surface area contributed by atoms with Gasteiger partial charge in [0.25, 0.3) is 5.95 Å². The van der Waals surface area contributed by atoms with Crippen molar-refractivity contribution in [2.75, 3.05) is 24.3 Å². The second kappa shape index (κ2) is 5.89. The molecule has 0 spiro atoms. The molecule has 4 aromatic rings. The van der Waals surface area contributed by atoms with Crippen LogP contribution in [0, 0.1) is 0 Å². The maximum absolute atomic E-state index is 5.16. The van der Waals surface area contributed by atoms with Crippen molar-refractivity contribution in [3.05, 3.63) is 36.6 Å². The van der Waals surface area contributed by atoms with E-state index >= 15 is 0 Å². The average molecular weight is 342 g/mol. The number of rotatable bonds is 5. The van der Waals surface area contributed by atoms with E-state index in [1.54, 1.807) is 21.8 Å². The maximum atomic E-state index is 5.16. The lowest BCUT2D eigenvalue weighted by atomic mass is 10.2. The first-order valence-corrected chi connectivity index (χ1v) is 8.01. The molecule has 4 rings (SSSR count). The van der Waals surface area contributed by atoms with E-state index in [9.17, 15) is 0 Å². The van der Waals surface area contributed by atoms with Gasteiger partial charge in [-0.3, -0.25) is 4.98 Å². The minimum atomic E-state index is 0.410. The van der Waals surface area contributed by atoms with Crippen molar-refractivity contribution in [3.8, 4) is 11.3 Å². The van der Waals surface area contributed by atoms with Crippen LogP contribution in [0.2, 0.25) is 0 Å². The Kier molecular flexibility index (Phi) is 3.58. The SMILES string of the molecule is CN(C)c1noc(CNc2nn3cc(-c4cccnc4)nc3s2)n1. The van der Waals surface area contributed by atoms with Crippen molar-refractivity contribution in [2.45, 2.75) is 6.54 Å². The largest absolute Gasteiger partial charge is 0.351 e. The quantitative estimate of drug-likeness (QED) is 0.587. The molecule has 0 aromatic carbocycles. The Morgan fingerprint density at radius 2 is 2.25 bits per heavy atom. The lowest BCUT2D eigenvalue weighted by Gasteiger charge is -2.02. The van der Waals surface area contributed by atoms with Gasteiger partial charge in [0.2, 0.25) is 16.0 Å². The van der Waals surface area contributed by atoms with Crippen molar-refractivity contribution in [1.29, 1.82) is 0 Å². The number of anilines is 2. The van der Waals surface area contributed by atoms with E-state index in [1.807, 2.05) is 32.4 Å². The summed E-state index contributed by atoms with van der Waals surface area (Å²) in [4.78, 5) is 15.5. The van der Waals surface area contributed by atoms with Gasteiger partial charge < -0.3 is 14.7 Å². The summed E-state index contributed by atoms with van der Waals surface area (Å²) in [5, 5.41) is 12.2. The van der Waals surface area contributed by atoms with E-state index in [4.69, 9.17) is 4.52 Å². The van der Waals surface area contributed by atoms with Crippen LogP contribution in [-0.4, -0.2) is 43.8 Å². The standard InChI is InChI=1S/C14H14N8OS/c1-21(2)12-18-11(23-20-12)7-16-13-19-22-8-10(17-14(22)24-13)9-4-3-5-15-6-9/h3-6,8H,7H2,1-2H3,(H,16,19). The molecule has 0 aliphatic rings. The summed E-state index contributed by atoms with van der Waals surface area (Å²) >= 11 is 1.45. The van der Waals surface area contributed by atoms with Crippen LogP contribution in [0.1, 0.15) is 5.89 Å². The summed E-state index contributed by atoms with van der Waals surface area (Å²) < 4.78 is 6.91. The van der Waals surface area contributed by atoms with Crippen LogP contribution in [0.5, 0.6) is 0 Å². The maximum Gasteiger partial charge on any atom is 0.265 e. The van der Waals surface area contributed by atoms with E-state index in [0.717, 1.165) is 21.3 Å². The second-order valence-electron chi connectivity index (χ2n) is 5.24. The van der Waals surface area contributed by atoms with Gasteiger partial charge in [0, 0.05) is 32.1 Å². The van der Waals surface area contributed by atoms with Crippen molar-refractivity contribution in [1.82, 2.24) is 29.7 Å². The second-order valence-corrected chi connectivity index (χ2v) is 6.19. The summed E-state index contributed by atoms with van der Waals surface area (Å²) in [6.45, 7) is 0.410. The molecule has 0 aliphatic heterocycles.